The van der Waals surface area contributed by atoms with Gasteiger partial charge in [0, 0.05) is 10.8 Å². The summed E-state index contributed by atoms with van der Waals surface area (Å²) in [5.74, 6) is 0.961. The number of rotatable bonds is 0. The summed E-state index contributed by atoms with van der Waals surface area (Å²) in [6, 6.07) is 4.57. The standard InChI is InChI=1S/C11H9ClN2O2S/c12-6-1-2-8-7(3-6)11(16)14-5-17-4-9(14)10(15)13-8/h1-3,9H,4-5H2,(H,13,15). The van der Waals surface area contributed by atoms with Gasteiger partial charge in [0.15, 0.2) is 0 Å². The second-order valence-corrected chi connectivity index (χ2v) is 5.41. The quantitative estimate of drug-likeness (QED) is 0.781. The second-order valence-electron chi connectivity index (χ2n) is 3.97. The third kappa shape index (κ3) is 1.70. The molecule has 2 aliphatic rings. The maximum atomic E-state index is 12.3. The van der Waals surface area contributed by atoms with Crippen molar-refractivity contribution in [3.05, 3.63) is 28.8 Å². The maximum Gasteiger partial charge on any atom is 0.257 e. The van der Waals surface area contributed by atoms with E-state index in [9.17, 15) is 9.59 Å². The van der Waals surface area contributed by atoms with Crippen LogP contribution in [-0.2, 0) is 4.79 Å². The third-order valence-corrected chi connectivity index (χ3v) is 4.16. The van der Waals surface area contributed by atoms with Crippen LogP contribution in [0.4, 0.5) is 5.69 Å². The summed E-state index contributed by atoms with van der Waals surface area (Å²) in [6.07, 6.45) is 0. The Balaban J connectivity index is 2.12. The molecule has 3 rings (SSSR count). The Morgan fingerprint density at radius 3 is 3.06 bits per heavy atom. The molecule has 0 aliphatic carbocycles. The van der Waals surface area contributed by atoms with Gasteiger partial charge in [-0.3, -0.25) is 9.59 Å². The highest BCUT2D eigenvalue weighted by Crippen LogP contribution is 2.31. The first kappa shape index (κ1) is 10.9. The molecule has 1 aromatic carbocycles. The van der Waals surface area contributed by atoms with Crippen molar-refractivity contribution in [1.29, 1.82) is 0 Å². The Labute approximate surface area is 107 Å². The molecule has 0 saturated carbocycles. The molecule has 1 fully saturated rings. The lowest BCUT2D eigenvalue weighted by Gasteiger charge is -2.18. The van der Waals surface area contributed by atoms with E-state index in [4.69, 9.17) is 11.6 Å². The van der Waals surface area contributed by atoms with Gasteiger partial charge in [0.25, 0.3) is 5.91 Å². The fourth-order valence-electron chi connectivity index (χ4n) is 2.03. The summed E-state index contributed by atoms with van der Waals surface area (Å²) < 4.78 is 0. The van der Waals surface area contributed by atoms with Gasteiger partial charge in [-0.2, -0.15) is 0 Å². The van der Waals surface area contributed by atoms with E-state index in [1.165, 1.54) is 0 Å². The lowest BCUT2D eigenvalue weighted by Crippen LogP contribution is -2.41. The Hall–Kier alpha value is -1.20. The minimum Gasteiger partial charge on any atom is -0.324 e. The van der Waals surface area contributed by atoms with E-state index in [-0.39, 0.29) is 17.9 Å². The minimum absolute atomic E-state index is 0.121. The van der Waals surface area contributed by atoms with Gasteiger partial charge < -0.3 is 10.2 Å². The normalized spacial score (nSPS) is 22.9. The van der Waals surface area contributed by atoms with Crippen LogP contribution in [-0.4, -0.2) is 34.4 Å². The molecule has 0 spiro atoms. The Morgan fingerprint density at radius 2 is 2.24 bits per heavy atom. The van der Waals surface area contributed by atoms with Crippen molar-refractivity contribution in [3.63, 3.8) is 0 Å². The van der Waals surface area contributed by atoms with Crippen molar-refractivity contribution in [2.24, 2.45) is 0 Å². The van der Waals surface area contributed by atoms with Crippen molar-refractivity contribution in [1.82, 2.24) is 4.90 Å². The molecule has 6 heteroatoms. The van der Waals surface area contributed by atoms with Crippen LogP contribution < -0.4 is 5.32 Å². The van der Waals surface area contributed by atoms with Crippen LogP contribution in [0.3, 0.4) is 0 Å². The number of benzene rings is 1. The number of halogens is 1. The number of hydrogen-bond donors (Lipinski definition) is 1. The average molecular weight is 269 g/mol. The molecule has 1 saturated heterocycles. The fraction of sp³-hybridized carbons (Fsp3) is 0.273. The van der Waals surface area contributed by atoms with Crippen molar-refractivity contribution < 1.29 is 9.59 Å². The van der Waals surface area contributed by atoms with E-state index in [0.29, 0.717) is 27.9 Å². The third-order valence-electron chi connectivity index (χ3n) is 2.92. The van der Waals surface area contributed by atoms with Crippen molar-refractivity contribution in [3.8, 4) is 0 Å². The topological polar surface area (TPSA) is 49.4 Å². The minimum atomic E-state index is -0.362. The predicted octanol–water partition coefficient (Wildman–Crippen LogP) is 1.81. The Kier molecular flexibility index (Phi) is 2.52. The number of thioether (sulfide) groups is 1. The summed E-state index contributed by atoms with van der Waals surface area (Å²) in [6.45, 7) is 0. The Morgan fingerprint density at radius 1 is 1.41 bits per heavy atom. The molecule has 17 heavy (non-hydrogen) atoms. The zero-order chi connectivity index (χ0) is 12.0. The largest absolute Gasteiger partial charge is 0.324 e. The van der Waals surface area contributed by atoms with E-state index in [1.54, 1.807) is 34.9 Å². The average Bonchev–Trinajstić information content (AvgIpc) is 2.76. The molecular weight excluding hydrogens is 260 g/mol. The predicted molar refractivity (Wildman–Crippen MR) is 67.4 cm³/mol. The highest BCUT2D eigenvalue weighted by molar-refractivity contribution is 7.99. The van der Waals surface area contributed by atoms with Crippen LogP contribution in [0.2, 0.25) is 5.02 Å². The van der Waals surface area contributed by atoms with Crippen LogP contribution in [0.1, 0.15) is 10.4 Å². The van der Waals surface area contributed by atoms with Gasteiger partial charge in [-0.1, -0.05) is 11.6 Å². The smallest absolute Gasteiger partial charge is 0.257 e. The fourth-order valence-corrected chi connectivity index (χ4v) is 3.36. The number of carbonyl (C=O) groups is 2. The summed E-state index contributed by atoms with van der Waals surface area (Å²) in [7, 11) is 0. The van der Waals surface area contributed by atoms with Gasteiger partial charge in [-0.15, -0.1) is 11.8 Å². The highest BCUT2D eigenvalue weighted by Gasteiger charge is 2.38. The summed E-state index contributed by atoms with van der Waals surface area (Å²) in [5, 5.41) is 3.27. The summed E-state index contributed by atoms with van der Waals surface area (Å²) in [4.78, 5) is 25.8. The van der Waals surface area contributed by atoms with Crippen LogP contribution in [0.15, 0.2) is 18.2 Å². The molecule has 0 bridgehead atoms. The molecular formula is C11H9ClN2O2S. The van der Waals surface area contributed by atoms with Gasteiger partial charge in [0.2, 0.25) is 5.91 Å². The summed E-state index contributed by atoms with van der Waals surface area (Å²) in [5.41, 5.74) is 1.01. The van der Waals surface area contributed by atoms with Gasteiger partial charge in [-0.05, 0) is 18.2 Å². The molecule has 0 radical (unpaired) electrons. The van der Waals surface area contributed by atoms with E-state index < -0.39 is 0 Å². The molecule has 1 N–H and O–H groups in total. The van der Waals surface area contributed by atoms with E-state index in [0.717, 1.165) is 0 Å². The zero-order valence-electron chi connectivity index (χ0n) is 8.77. The highest BCUT2D eigenvalue weighted by atomic mass is 35.5. The molecule has 2 amide bonds. The van der Waals surface area contributed by atoms with Crippen molar-refractivity contribution >= 4 is 40.9 Å². The number of hydrogen-bond acceptors (Lipinski definition) is 3. The molecule has 4 nitrogen and oxygen atoms in total. The number of nitrogens with zero attached hydrogens (tertiary/aromatic N) is 1. The monoisotopic (exact) mass is 268 g/mol. The van der Waals surface area contributed by atoms with Gasteiger partial charge in [0.1, 0.15) is 6.04 Å². The van der Waals surface area contributed by atoms with Gasteiger partial charge in [0.05, 0.1) is 17.1 Å². The molecule has 0 aromatic heterocycles. The summed E-state index contributed by atoms with van der Waals surface area (Å²) >= 11 is 7.47. The lowest BCUT2D eigenvalue weighted by molar-refractivity contribution is -0.119. The number of carbonyl (C=O) groups excluding carboxylic acids is 2. The molecule has 2 aliphatic heterocycles. The van der Waals surface area contributed by atoms with Gasteiger partial charge >= 0.3 is 0 Å². The van der Waals surface area contributed by atoms with Crippen molar-refractivity contribution in [2.45, 2.75) is 6.04 Å². The van der Waals surface area contributed by atoms with Crippen LogP contribution >= 0.6 is 23.4 Å². The molecule has 1 unspecified atom stereocenters. The number of nitrogens with one attached hydrogen (secondary N) is 1. The maximum absolute atomic E-state index is 12.3. The van der Waals surface area contributed by atoms with Gasteiger partial charge in [-0.25, -0.2) is 0 Å². The van der Waals surface area contributed by atoms with Crippen LogP contribution in [0.25, 0.3) is 0 Å². The number of amides is 2. The van der Waals surface area contributed by atoms with E-state index >= 15 is 0 Å². The molecule has 1 atom stereocenters. The lowest BCUT2D eigenvalue weighted by atomic mass is 10.1. The zero-order valence-corrected chi connectivity index (χ0v) is 10.3. The molecule has 1 aromatic rings. The molecule has 2 heterocycles. The SMILES string of the molecule is O=C1Nc2ccc(Cl)cc2C(=O)N2CSCC12. The van der Waals surface area contributed by atoms with E-state index in [1.807, 2.05) is 0 Å². The van der Waals surface area contributed by atoms with Crippen LogP contribution in [0, 0.1) is 0 Å². The van der Waals surface area contributed by atoms with Crippen LogP contribution in [0.5, 0.6) is 0 Å². The number of fused-ring (bicyclic) bond motifs is 2. The molecule has 88 valence electrons. The first-order valence-electron chi connectivity index (χ1n) is 5.16. The Bertz CT molecular complexity index is 520. The first-order chi connectivity index (χ1) is 8.16. The first-order valence-corrected chi connectivity index (χ1v) is 6.69. The van der Waals surface area contributed by atoms with E-state index in [2.05, 4.69) is 5.32 Å². The number of anilines is 1. The second kappa shape index (κ2) is 3.92. The van der Waals surface area contributed by atoms with Crippen molar-refractivity contribution in [2.75, 3.05) is 16.9 Å².